The van der Waals surface area contributed by atoms with E-state index in [1.807, 2.05) is 0 Å². The second-order valence-corrected chi connectivity index (χ2v) is 12.0. The van der Waals surface area contributed by atoms with E-state index in [2.05, 4.69) is 207 Å². The number of nitrogens with zero attached hydrogens (tertiary/aromatic N) is 2. The third-order valence-electron chi connectivity index (χ3n) is 9.09. The zero-order chi connectivity index (χ0) is 31.8. The molecule has 5 aromatic rings. The van der Waals surface area contributed by atoms with Crippen molar-refractivity contribution >= 4 is 22.7 Å². The van der Waals surface area contributed by atoms with E-state index in [1.54, 1.807) is 0 Å². The number of anilines is 4. The first kappa shape index (κ1) is 30.7. The van der Waals surface area contributed by atoms with E-state index in [0.29, 0.717) is 0 Å². The van der Waals surface area contributed by atoms with Crippen molar-refractivity contribution in [2.45, 2.75) is 32.6 Å². The van der Waals surface area contributed by atoms with Crippen molar-refractivity contribution in [3.05, 3.63) is 193 Å². The van der Waals surface area contributed by atoms with Gasteiger partial charge in [-0.05, 0) is 85.5 Å². The molecule has 0 aliphatic heterocycles. The molecule has 0 spiro atoms. The highest BCUT2D eigenvalue weighted by molar-refractivity contribution is 5.88. The third-order valence-corrected chi connectivity index (χ3v) is 9.09. The Bertz CT molecular complexity index is 1870. The molecule has 0 fully saturated rings. The monoisotopic (exact) mass is 598 g/mol. The van der Waals surface area contributed by atoms with E-state index >= 15 is 0 Å². The van der Waals surface area contributed by atoms with Gasteiger partial charge >= 0.3 is 0 Å². The van der Waals surface area contributed by atoms with Gasteiger partial charge in [-0.2, -0.15) is 0 Å². The standard InChI is InChI=1S/C44H42N2/c1-4-5-6-18-33-45(38-24-12-8-13-25-38)42-31-20-32-44(3,35(42)2)37-23-19-28-40(34-37)46(39-26-14-9-15-27-39)43-30-17-16-29-41(43)36-21-10-7-11-22-36/h4-31,34H,32-33H2,1-3H3/b5-4-,18-6-. The molecule has 0 aromatic heterocycles. The van der Waals surface area contributed by atoms with Crippen LogP contribution in [-0.4, -0.2) is 6.54 Å². The van der Waals surface area contributed by atoms with Crippen LogP contribution >= 0.6 is 0 Å². The molecular weight excluding hydrogens is 556 g/mol. The fourth-order valence-corrected chi connectivity index (χ4v) is 6.42. The van der Waals surface area contributed by atoms with Crippen molar-refractivity contribution in [1.82, 2.24) is 0 Å². The molecular formula is C44H42N2. The molecule has 1 unspecified atom stereocenters. The van der Waals surface area contributed by atoms with Crippen LogP contribution < -0.4 is 9.80 Å². The molecule has 0 amide bonds. The second kappa shape index (κ2) is 14.2. The van der Waals surface area contributed by atoms with Crippen molar-refractivity contribution in [3.8, 4) is 11.1 Å². The maximum Gasteiger partial charge on any atom is 0.0540 e. The predicted molar refractivity (Wildman–Crippen MR) is 198 cm³/mol. The van der Waals surface area contributed by atoms with Crippen LogP contribution in [0.25, 0.3) is 11.1 Å². The van der Waals surface area contributed by atoms with Gasteiger partial charge in [-0.25, -0.2) is 0 Å². The zero-order valence-corrected chi connectivity index (χ0v) is 27.1. The normalized spacial score (nSPS) is 16.3. The fourth-order valence-electron chi connectivity index (χ4n) is 6.42. The first-order valence-electron chi connectivity index (χ1n) is 16.2. The van der Waals surface area contributed by atoms with Crippen LogP contribution in [0.3, 0.4) is 0 Å². The minimum atomic E-state index is -0.179. The summed E-state index contributed by atoms with van der Waals surface area (Å²) < 4.78 is 0. The zero-order valence-electron chi connectivity index (χ0n) is 27.1. The van der Waals surface area contributed by atoms with Gasteiger partial charge in [-0.3, -0.25) is 0 Å². The molecule has 0 saturated heterocycles. The van der Waals surface area contributed by atoms with Crippen LogP contribution in [0.4, 0.5) is 22.7 Å². The largest absolute Gasteiger partial charge is 0.338 e. The Morgan fingerprint density at radius 1 is 0.674 bits per heavy atom. The van der Waals surface area contributed by atoms with Crippen molar-refractivity contribution in [2.24, 2.45) is 0 Å². The number of para-hydroxylation sites is 3. The molecule has 0 N–H and O–H groups in total. The topological polar surface area (TPSA) is 6.48 Å². The molecule has 1 aliphatic carbocycles. The molecule has 5 aromatic carbocycles. The van der Waals surface area contributed by atoms with Crippen LogP contribution in [0.2, 0.25) is 0 Å². The summed E-state index contributed by atoms with van der Waals surface area (Å²) >= 11 is 0. The maximum atomic E-state index is 2.43. The van der Waals surface area contributed by atoms with E-state index in [0.717, 1.165) is 30.0 Å². The van der Waals surface area contributed by atoms with Gasteiger partial charge in [0.25, 0.3) is 0 Å². The smallest absolute Gasteiger partial charge is 0.0540 e. The summed E-state index contributed by atoms with van der Waals surface area (Å²) in [6.07, 6.45) is 14.1. The van der Waals surface area contributed by atoms with Crippen LogP contribution in [0, 0.1) is 0 Å². The average molecular weight is 599 g/mol. The van der Waals surface area contributed by atoms with E-state index in [9.17, 15) is 0 Å². The Hall–Kier alpha value is -5.34. The summed E-state index contributed by atoms with van der Waals surface area (Å²) in [6.45, 7) is 7.56. The quantitative estimate of drug-likeness (QED) is 0.148. The number of allylic oxidation sites excluding steroid dienone is 6. The van der Waals surface area contributed by atoms with Gasteiger partial charge in [0.05, 0.1) is 5.69 Å². The lowest BCUT2D eigenvalue weighted by Crippen LogP contribution is -2.32. The van der Waals surface area contributed by atoms with E-state index < -0.39 is 0 Å². The minimum Gasteiger partial charge on any atom is -0.338 e. The van der Waals surface area contributed by atoms with E-state index in [1.165, 1.54) is 33.6 Å². The maximum absolute atomic E-state index is 2.43. The Labute approximate surface area is 275 Å². The van der Waals surface area contributed by atoms with Gasteiger partial charge in [-0.1, -0.05) is 134 Å². The van der Waals surface area contributed by atoms with Crippen LogP contribution in [0.5, 0.6) is 0 Å². The van der Waals surface area contributed by atoms with Gasteiger partial charge in [0.15, 0.2) is 0 Å². The van der Waals surface area contributed by atoms with Gasteiger partial charge in [0.2, 0.25) is 0 Å². The summed E-state index contributed by atoms with van der Waals surface area (Å²) in [7, 11) is 0. The van der Waals surface area contributed by atoms with Crippen molar-refractivity contribution in [1.29, 1.82) is 0 Å². The number of hydrogen-bond acceptors (Lipinski definition) is 2. The van der Waals surface area contributed by atoms with Gasteiger partial charge < -0.3 is 9.80 Å². The highest BCUT2D eigenvalue weighted by Crippen LogP contribution is 2.45. The Balaban J connectivity index is 1.46. The second-order valence-electron chi connectivity index (χ2n) is 12.0. The van der Waals surface area contributed by atoms with Crippen LogP contribution in [0.15, 0.2) is 187 Å². The molecule has 0 radical (unpaired) electrons. The summed E-state index contributed by atoms with van der Waals surface area (Å²) in [6, 6.07) is 50.0. The highest BCUT2D eigenvalue weighted by Gasteiger charge is 2.34. The van der Waals surface area contributed by atoms with E-state index in [4.69, 9.17) is 0 Å². The van der Waals surface area contributed by atoms with Crippen molar-refractivity contribution in [3.63, 3.8) is 0 Å². The molecule has 0 saturated carbocycles. The number of benzene rings is 5. The third kappa shape index (κ3) is 6.39. The molecule has 228 valence electrons. The minimum absolute atomic E-state index is 0.179. The molecule has 6 rings (SSSR count). The van der Waals surface area contributed by atoms with Gasteiger partial charge in [0.1, 0.15) is 0 Å². The lowest BCUT2D eigenvalue weighted by molar-refractivity contribution is 0.550. The van der Waals surface area contributed by atoms with Gasteiger partial charge in [0, 0.05) is 40.3 Å². The number of hydrogen-bond donors (Lipinski definition) is 0. The van der Waals surface area contributed by atoms with E-state index in [-0.39, 0.29) is 5.41 Å². The lowest BCUT2D eigenvalue weighted by Gasteiger charge is -2.39. The summed E-state index contributed by atoms with van der Waals surface area (Å²) in [5.41, 5.74) is 10.8. The lowest BCUT2D eigenvalue weighted by atomic mass is 9.70. The van der Waals surface area contributed by atoms with Crippen molar-refractivity contribution in [2.75, 3.05) is 16.3 Å². The van der Waals surface area contributed by atoms with Crippen molar-refractivity contribution < 1.29 is 0 Å². The number of rotatable bonds is 10. The Morgan fingerprint density at radius 2 is 1.30 bits per heavy atom. The molecule has 1 atom stereocenters. The average Bonchev–Trinajstić information content (AvgIpc) is 3.12. The summed E-state index contributed by atoms with van der Waals surface area (Å²) in [5.74, 6) is 0. The molecule has 0 heterocycles. The predicted octanol–water partition coefficient (Wildman–Crippen LogP) is 12.0. The molecule has 2 nitrogen and oxygen atoms in total. The Kier molecular flexibility index (Phi) is 9.45. The van der Waals surface area contributed by atoms with Crippen LogP contribution in [-0.2, 0) is 5.41 Å². The summed E-state index contributed by atoms with van der Waals surface area (Å²) in [4.78, 5) is 4.83. The SMILES string of the molecule is C/C=C\C=C/CN(C1=C(C)C(C)(c2cccc(N(c3ccccc3)c3ccccc3-c3ccccc3)c2)CC=C1)c1ccccc1. The Morgan fingerprint density at radius 3 is 2.02 bits per heavy atom. The summed E-state index contributed by atoms with van der Waals surface area (Å²) in [5, 5.41) is 0. The molecule has 0 bridgehead atoms. The highest BCUT2D eigenvalue weighted by atomic mass is 15.1. The molecule has 2 heteroatoms. The fraction of sp³-hybridized carbons (Fsp3) is 0.136. The van der Waals surface area contributed by atoms with Gasteiger partial charge in [-0.15, -0.1) is 0 Å². The molecule has 1 aliphatic rings. The first-order chi connectivity index (χ1) is 22.6. The van der Waals surface area contributed by atoms with Crippen LogP contribution in [0.1, 0.15) is 32.8 Å². The first-order valence-corrected chi connectivity index (χ1v) is 16.2. The molecule has 46 heavy (non-hydrogen) atoms.